The highest BCUT2D eigenvalue weighted by Crippen LogP contribution is 2.22. The van der Waals surface area contributed by atoms with E-state index in [1.165, 1.54) is 11.3 Å². The van der Waals surface area contributed by atoms with Crippen molar-refractivity contribution in [3.05, 3.63) is 11.2 Å². The van der Waals surface area contributed by atoms with Gasteiger partial charge in [0, 0.05) is 0 Å². The summed E-state index contributed by atoms with van der Waals surface area (Å²) in [4.78, 5) is 3.84. The lowest BCUT2D eigenvalue weighted by Gasteiger charge is -1.82. The van der Waals surface area contributed by atoms with Crippen LogP contribution < -0.4 is 0 Å². The molecule has 0 aliphatic carbocycles. The highest BCUT2D eigenvalue weighted by Gasteiger charge is 2.00. The lowest BCUT2D eigenvalue weighted by molar-refractivity contribution is 1.29. The minimum Gasteiger partial charge on any atom is -0.233 e. The third kappa shape index (κ3) is 1.23. The van der Waals surface area contributed by atoms with E-state index in [0.717, 1.165) is 4.21 Å². The van der Waals surface area contributed by atoms with Crippen molar-refractivity contribution in [2.45, 2.75) is 4.21 Å². The van der Waals surface area contributed by atoms with Crippen LogP contribution in [0.3, 0.4) is 0 Å². The molecule has 1 rings (SSSR count). The SMILES string of the molecule is CSc1scnc1C#N. The van der Waals surface area contributed by atoms with Gasteiger partial charge in [-0.1, -0.05) is 0 Å². The number of hydrogen-bond donors (Lipinski definition) is 0. The largest absolute Gasteiger partial charge is 0.233 e. The fourth-order valence-corrected chi connectivity index (χ4v) is 1.72. The van der Waals surface area contributed by atoms with E-state index in [0.29, 0.717) is 5.69 Å². The van der Waals surface area contributed by atoms with E-state index in [4.69, 9.17) is 5.26 Å². The van der Waals surface area contributed by atoms with Crippen molar-refractivity contribution >= 4 is 23.1 Å². The Morgan fingerprint density at radius 3 is 3.11 bits per heavy atom. The lowest BCUT2D eigenvalue weighted by Crippen LogP contribution is -1.71. The summed E-state index contributed by atoms with van der Waals surface area (Å²) in [6.45, 7) is 0. The molecule has 9 heavy (non-hydrogen) atoms. The van der Waals surface area contributed by atoms with Gasteiger partial charge in [-0.15, -0.1) is 23.1 Å². The molecule has 0 saturated heterocycles. The first kappa shape index (κ1) is 6.59. The molecule has 2 nitrogen and oxygen atoms in total. The fraction of sp³-hybridized carbons (Fsp3) is 0.200. The zero-order chi connectivity index (χ0) is 6.69. The second-order valence-corrected chi connectivity index (χ2v) is 3.23. The number of hydrogen-bond acceptors (Lipinski definition) is 4. The summed E-state index contributed by atoms with van der Waals surface area (Å²) in [5, 5.41) is 8.42. The molecule has 0 saturated carbocycles. The number of nitriles is 1. The summed E-state index contributed by atoms with van der Waals surface area (Å²) in [5.74, 6) is 0. The second kappa shape index (κ2) is 2.85. The molecule has 1 heterocycles. The van der Waals surface area contributed by atoms with Crippen LogP contribution in [0.4, 0.5) is 0 Å². The quantitative estimate of drug-likeness (QED) is 0.581. The molecule has 0 N–H and O–H groups in total. The Labute approximate surface area is 61.5 Å². The molecule has 1 aromatic heterocycles. The summed E-state index contributed by atoms with van der Waals surface area (Å²) >= 11 is 3.06. The number of aromatic nitrogens is 1. The number of thiazole rings is 1. The van der Waals surface area contributed by atoms with E-state index < -0.39 is 0 Å². The Morgan fingerprint density at radius 1 is 1.89 bits per heavy atom. The van der Waals surface area contributed by atoms with Gasteiger partial charge in [-0.2, -0.15) is 5.26 Å². The van der Waals surface area contributed by atoms with Gasteiger partial charge in [0.25, 0.3) is 0 Å². The van der Waals surface area contributed by atoms with Gasteiger partial charge in [-0.3, -0.25) is 0 Å². The second-order valence-electron chi connectivity index (χ2n) is 1.30. The molecule has 0 atom stereocenters. The van der Waals surface area contributed by atoms with Crippen LogP contribution in [-0.4, -0.2) is 11.2 Å². The van der Waals surface area contributed by atoms with E-state index >= 15 is 0 Å². The summed E-state index contributed by atoms with van der Waals surface area (Å²) in [5.41, 5.74) is 2.23. The van der Waals surface area contributed by atoms with Crippen molar-refractivity contribution in [2.24, 2.45) is 0 Å². The first-order valence-electron chi connectivity index (χ1n) is 2.26. The van der Waals surface area contributed by atoms with Gasteiger partial charge in [0.1, 0.15) is 6.07 Å². The molecule has 1 aromatic rings. The predicted octanol–water partition coefficient (Wildman–Crippen LogP) is 1.74. The highest BCUT2D eigenvalue weighted by molar-refractivity contribution is 8.00. The molecule has 0 fully saturated rings. The lowest BCUT2D eigenvalue weighted by atomic mass is 10.6. The van der Waals surface area contributed by atoms with Crippen LogP contribution >= 0.6 is 23.1 Å². The molecule has 0 spiro atoms. The van der Waals surface area contributed by atoms with Gasteiger partial charge in [-0.25, -0.2) is 4.98 Å². The molecular formula is C5H4N2S2. The Morgan fingerprint density at radius 2 is 2.67 bits per heavy atom. The number of nitrogens with zero attached hydrogens (tertiary/aromatic N) is 2. The molecule has 0 aromatic carbocycles. The first-order chi connectivity index (χ1) is 4.38. The summed E-state index contributed by atoms with van der Waals surface area (Å²) in [6, 6.07) is 2.00. The van der Waals surface area contributed by atoms with Crippen LogP contribution in [0, 0.1) is 11.3 Å². The third-order valence-electron chi connectivity index (χ3n) is 0.826. The smallest absolute Gasteiger partial charge is 0.165 e. The van der Waals surface area contributed by atoms with E-state index in [1.54, 1.807) is 17.3 Å². The average Bonchev–Trinajstić information content (AvgIpc) is 2.33. The molecule has 0 radical (unpaired) electrons. The maximum atomic E-state index is 8.42. The highest BCUT2D eigenvalue weighted by atomic mass is 32.2. The third-order valence-corrected chi connectivity index (χ3v) is 2.80. The zero-order valence-electron chi connectivity index (χ0n) is 4.79. The van der Waals surface area contributed by atoms with E-state index in [9.17, 15) is 0 Å². The molecular weight excluding hydrogens is 152 g/mol. The van der Waals surface area contributed by atoms with Gasteiger partial charge in [-0.05, 0) is 6.26 Å². The Bertz CT molecular complexity index is 235. The van der Waals surface area contributed by atoms with Crippen molar-refractivity contribution in [1.82, 2.24) is 4.98 Å². The number of thioether (sulfide) groups is 1. The molecule has 0 aliphatic heterocycles. The maximum Gasteiger partial charge on any atom is 0.165 e. The predicted molar refractivity (Wildman–Crippen MR) is 38.6 cm³/mol. The summed E-state index contributed by atoms with van der Waals surface area (Å²) in [7, 11) is 0. The van der Waals surface area contributed by atoms with Crippen molar-refractivity contribution in [1.29, 1.82) is 5.26 Å². The van der Waals surface area contributed by atoms with Crippen molar-refractivity contribution in [2.75, 3.05) is 6.26 Å². The molecule has 0 aliphatic rings. The summed E-state index contributed by atoms with van der Waals surface area (Å²) < 4.78 is 0.998. The van der Waals surface area contributed by atoms with Gasteiger partial charge >= 0.3 is 0 Å². The van der Waals surface area contributed by atoms with E-state index in [1.807, 2.05) is 12.3 Å². The molecule has 46 valence electrons. The zero-order valence-corrected chi connectivity index (χ0v) is 6.42. The van der Waals surface area contributed by atoms with Crippen LogP contribution in [0.25, 0.3) is 0 Å². The number of rotatable bonds is 1. The monoisotopic (exact) mass is 156 g/mol. The van der Waals surface area contributed by atoms with Gasteiger partial charge in [0.2, 0.25) is 0 Å². The minimum atomic E-state index is 0.549. The molecule has 0 bridgehead atoms. The standard InChI is InChI=1S/C5H4N2S2/c1-8-5-4(2-6)7-3-9-5/h3H,1H3. The average molecular weight is 156 g/mol. The van der Waals surface area contributed by atoms with Gasteiger partial charge < -0.3 is 0 Å². The van der Waals surface area contributed by atoms with E-state index in [2.05, 4.69) is 4.98 Å². The van der Waals surface area contributed by atoms with Crippen molar-refractivity contribution in [3.63, 3.8) is 0 Å². The Hall–Kier alpha value is -0.530. The first-order valence-corrected chi connectivity index (χ1v) is 4.36. The minimum absolute atomic E-state index is 0.549. The normalized spacial score (nSPS) is 8.89. The van der Waals surface area contributed by atoms with Crippen LogP contribution in [-0.2, 0) is 0 Å². The van der Waals surface area contributed by atoms with Crippen LogP contribution in [0.2, 0.25) is 0 Å². The van der Waals surface area contributed by atoms with Crippen LogP contribution in [0.1, 0.15) is 5.69 Å². The van der Waals surface area contributed by atoms with Crippen molar-refractivity contribution in [3.8, 4) is 6.07 Å². The van der Waals surface area contributed by atoms with E-state index in [-0.39, 0.29) is 0 Å². The van der Waals surface area contributed by atoms with Gasteiger partial charge in [0.15, 0.2) is 5.69 Å². The van der Waals surface area contributed by atoms with Crippen LogP contribution in [0.15, 0.2) is 9.72 Å². The molecule has 0 amide bonds. The van der Waals surface area contributed by atoms with Gasteiger partial charge in [0.05, 0.1) is 9.72 Å². The topological polar surface area (TPSA) is 36.7 Å². The fourth-order valence-electron chi connectivity index (χ4n) is 0.455. The Balaban J connectivity index is 3.02. The Kier molecular flexibility index (Phi) is 2.09. The molecule has 4 heteroatoms. The maximum absolute atomic E-state index is 8.42. The van der Waals surface area contributed by atoms with Crippen molar-refractivity contribution < 1.29 is 0 Å². The van der Waals surface area contributed by atoms with Crippen LogP contribution in [0.5, 0.6) is 0 Å². The molecule has 0 unspecified atom stereocenters. The summed E-state index contributed by atoms with van der Waals surface area (Å²) in [6.07, 6.45) is 1.94.